The lowest BCUT2D eigenvalue weighted by molar-refractivity contribution is 0.0600. The normalized spacial score (nSPS) is 11.8. The molecule has 1 heterocycles. The van der Waals surface area contributed by atoms with Crippen LogP contribution in [0.2, 0.25) is 0 Å². The largest absolute Gasteiger partial charge is 0.465 e. The first-order valence-corrected chi connectivity index (χ1v) is 5.85. The molecule has 1 unspecified atom stereocenters. The monoisotopic (exact) mass is 250 g/mol. The van der Waals surface area contributed by atoms with E-state index in [0.717, 1.165) is 6.42 Å². The quantitative estimate of drug-likeness (QED) is 0.826. The van der Waals surface area contributed by atoms with Crippen molar-refractivity contribution in [2.45, 2.75) is 26.2 Å². The Balaban J connectivity index is 3.29. The molecular weight excluding hydrogens is 232 g/mol. The van der Waals surface area contributed by atoms with Gasteiger partial charge in [0.15, 0.2) is 0 Å². The first-order chi connectivity index (χ1) is 8.54. The summed E-state index contributed by atoms with van der Waals surface area (Å²) in [4.78, 5) is 27.5. The van der Waals surface area contributed by atoms with Gasteiger partial charge in [0, 0.05) is 13.2 Å². The summed E-state index contributed by atoms with van der Waals surface area (Å²) in [5, 5.41) is 2.55. The Morgan fingerprint density at radius 1 is 1.50 bits per heavy atom. The molecule has 1 N–H and O–H groups in total. The molecule has 1 rings (SSSR count). The van der Waals surface area contributed by atoms with Crippen LogP contribution in [0.5, 0.6) is 0 Å². The van der Waals surface area contributed by atoms with Crippen LogP contribution in [0.3, 0.4) is 0 Å². The van der Waals surface area contributed by atoms with Crippen LogP contribution < -0.4 is 5.32 Å². The van der Waals surface area contributed by atoms with Crippen molar-refractivity contribution in [1.29, 1.82) is 0 Å². The van der Waals surface area contributed by atoms with Crippen molar-refractivity contribution < 1.29 is 14.3 Å². The molecule has 0 saturated heterocycles. The Bertz CT molecular complexity index is 458. The molecule has 0 aliphatic heterocycles. The van der Waals surface area contributed by atoms with Crippen molar-refractivity contribution in [3.05, 3.63) is 29.1 Å². The fourth-order valence-electron chi connectivity index (χ4n) is 1.61. The van der Waals surface area contributed by atoms with E-state index in [4.69, 9.17) is 0 Å². The Morgan fingerprint density at radius 2 is 2.17 bits per heavy atom. The van der Waals surface area contributed by atoms with E-state index in [1.807, 2.05) is 13.8 Å². The van der Waals surface area contributed by atoms with E-state index in [0.29, 0.717) is 11.3 Å². The van der Waals surface area contributed by atoms with Gasteiger partial charge >= 0.3 is 5.97 Å². The Morgan fingerprint density at radius 3 is 2.67 bits per heavy atom. The number of nitrogens with one attached hydrogen (secondary N) is 1. The summed E-state index contributed by atoms with van der Waals surface area (Å²) in [5.41, 5.74) is 1.41. The maximum atomic E-state index is 11.8. The molecule has 1 aromatic rings. The summed E-state index contributed by atoms with van der Waals surface area (Å²) in [6, 6.07) is 1.53. The average molecular weight is 250 g/mol. The molecule has 18 heavy (non-hydrogen) atoms. The first kappa shape index (κ1) is 14.2. The molecule has 1 amide bonds. The highest BCUT2D eigenvalue weighted by Gasteiger charge is 2.18. The van der Waals surface area contributed by atoms with Gasteiger partial charge in [-0.15, -0.1) is 0 Å². The molecule has 0 spiro atoms. The standard InChI is InChI=1S/C13H18N2O3/c1-5-8(2)11-10(12(16)14-3)6-9(7-15-11)13(17)18-4/h6-8H,5H2,1-4H3,(H,14,16). The molecule has 0 saturated carbocycles. The molecule has 5 heteroatoms. The van der Waals surface area contributed by atoms with E-state index >= 15 is 0 Å². The highest BCUT2D eigenvalue weighted by atomic mass is 16.5. The lowest BCUT2D eigenvalue weighted by Gasteiger charge is -2.13. The van der Waals surface area contributed by atoms with E-state index in [1.54, 1.807) is 7.05 Å². The van der Waals surface area contributed by atoms with Crippen molar-refractivity contribution >= 4 is 11.9 Å². The van der Waals surface area contributed by atoms with Gasteiger partial charge in [0.2, 0.25) is 0 Å². The number of methoxy groups -OCH3 is 1. The Kier molecular flexibility index (Phi) is 4.83. The van der Waals surface area contributed by atoms with Crippen molar-refractivity contribution in [2.75, 3.05) is 14.2 Å². The van der Waals surface area contributed by atoms with Gasteiger partial charge in [-0.25, -0.2) is 4.79 Å². The SMILES string of the molecule is CCC(C)c1ncc(C(=O)OC)cc1C(=O)NC. The Hall–Kier alpha value is -1.91. The lowest BCUT2D eigenvalue weighted by atomic mass is 9.98. The summed E-state index contributed by atoms with van der Waals surface area (Å²) in [6.07, 6.45) is 2.31. The van der Waals surface area contributed by atoms with E-state index in [2.05, 4.69) is 15.0 Å². The molecule has 0 aliphatic rings. The fraction of sp³-hybridized carbons (Fsp3) is 0.462. The van der Waals surface area contributed by atoms with Crippen LogP contribution in [-0.4, -0.2) is 31.0 Å². The summed E-state index contributed by atoms with van der Waals surface area (Å²) in [5.74, 6) is -0.587. The molecule has 0 aliphatic carbocycles. The number of pyridine rings is 1. The Labute approximate surface area is 107 Å². The molecule has 98 valence electrons. The fourth-order valence-corrected chi connectivity index (χ4v) is 1.61. The van der Waals surface area contributed by atoms with Gasteiger partial charge in [-0.3, -0.25) is 9.78 Å². The number of aromatic nitrogens is 1. The minimum atomic E-state index is -0.497. The third-order valence-electron chi connectivity index (χ3n) is 2.89. The summed E-state index contributed by atoms with van der Waals surface area (Å²) >= 11 is 0. The van der Waals surface area contributed by atoms with E-state index in [1.165, 1.54) is 19.4 Å². The maximum Gasteiger partial charge on any atom is 0.339 e. The van der Waals surface area contributed by atoms with Crippen LogP contribution >= 0.6 is 0 Å². The first-order valence-electron chi connectivity index (χ1n) is 5.85. The molecule has 0 aromatic carbocycles. The maximum absolute atomic E-state index is 11.8. The second kappa shape index (κ2) is 6.14. The molecule has 1 atom stereocenters. The second-order valence-corrected chi connectivity index (χ2v) is 4.04. The number of hydrogen-bond donors (Lipinski definition) is 1. The number of carbonyl (C=O) groups is 2. The zero-order valence-electron chi connectivity index (χ0n) is 11.1. The van der Waals surface area contributed by atoms with Crippen molar-refractivity contribution in [3.8, 4) is 0 Å². The van der Waals surface area contributed by atoms with E-state index in [-0.39, 0.29) is 17.4 Å². The average Bonchev–Trinajstić information content (AvgIpc) is 2.43. The van der Waals surface area contributed by atoms with Crippen molar-refractivity contribution in [2.24, 2.45) is 0 Å². The highest BCUT2D eigenvalue weighted by Crippen LogP contribution is 2.21. The zero-order chi connectivity index (χ0) is 13.7. The van der Waals surface area contributed by atoms with Crippen LogP contribution in [0, 0.1) is 0 Å². The van der Waals surface area contributed by atoms with Crippen molar-refractivity contribution in [3.63, 3.8) is 0 Å². The van der Waals surface area contributed by atoms with E-state index < -0.39 is 5.97 Å². The molecule has 1 aromatic heterocycles. The van der Waals surface area contributed by atoms with Gasteiger partial charge in [-0.1, -0.05) is 13.8 Å². The van der Waals surface area contributed by atoms with Gasteiger partial charge in [0.1, 0.15) is 0 Å². The third kappa shape index (κ3) is 2.85. The highest BCUT2D eigenvalue weighted by molar-refractivity contribution is 5.98. The predicted octanol–water partition coefficient (Wildman–Crippen LogP) is 1.74. The summed E-state index contributed by atoms with van der Waals surface area (Å²) in [7, 11) is 2.85. The lowest BCUT2D eigenvalue weighted by Crippen LogP contribution is -2.22. The van der Waals surface area contributed by atoms with Crippen LogP contribution in [0.15, 0.2) is 12.3 Å². The van der Waals surface area contributed by atoms with Crippen LogP contribution in [0.25, 0.3) is 0 Å². The van der Waals surface area contributed by atoms with Crippen LogP contribution in [0.1, 0.15) is 52.6 Å². The third-order valence-corrected chi connectivity index (χ3v) is 2.89. The molecule has 0 fully saturated rings. The summed E-state index contributed by atoms with van der Waals surface area (Å²) in [6.45, 7) is 4.01. The zero-order valence-corrected chi connectivity index (χ0v) is 11.1. The number of rotatable bonds is 4. The minimum Gasteiger partial charge on any atom is -0.465 e. The van der Waals surface area contributed by atoms with Crippen LogP contribution in [0.4, 0.5) is 0 Å². The number of carbonyl (C=O) groups excluding carboxylic acids is 2. The second-order valence-electron chi connectivity index (χ2n) is 4.04. The number of amides is 1. The van der Waals surface area contributed by atoms with Gasteiger partial charge in [-0.05, 0) is 18.4 Å². The van der Waals surface area contributed by atoms with Gasteiger partial charge < -0.3 is 10.1 Å². The van der Waals surface area contributed by atoms with Gasteiger partial charge in [0.05, 0.1) is 23.9 Å². The summed E-state index contributed by atoms with van der Waals surface area (Å²) < 4.78 is 4.62. The van der Waals surface area contributed by atoms with E-state index in [9.17, 15) is 9.59 Å². The topological polar surface area (TPSA) is 68.3 Å². The van der Waals surface area contributed by atoms with Crippen LogP contribution in [-0.2, 0) is 4.74 Å². The molecule has 5 nitrogen and oxygen atoms in total. The number of nitrogens with zero attached hydrogens (tertiary/aromatic N) is 1. The number of ether oxygens (including phenoxy) is 1. The van der Waals surface area contributed by atoms with Gasteiger partial charge in [-0.2, -0.15) is 0 Å². The van der Waals surface area contributed by atoms with Crippen molar-refractivity contribution in [1.82, 2.24) is 10.3 Å². The number of hydrogen-bond acceptors (Lipinski definition) is 4. The predicted molar refractivity (Wildman–Crippen MR) is 67.7 cm³/mol. The molecular formula is C13H18N2O3. The molecule has 0 bridgehead atoms. The number of esters is 1. The molecule has 0 radical (unpaired) electrons. The smallest absolute Gasteiger partial charge is 0.339 e. The minimum absolute atomic E-state index is 0.156. The van der Waals surface area contributed by atoms with Gasteiger partial charge in [0.25, 0.3) is 5.91 Å².